The maximum absolute atomic E-state index is 13.2. The predicted octanol–water partition coefficient (Wildman–Crippen LogP) is 5.10. The summed E-state index contributed by atoms with van der Waals surface area (Å²) in [7, 11) is 0. The first-order valence-corrected chi connectivity index (χ1v) is 9.10. The number of benzene rings is 2. The molecule has 2 aromatic carbocycles. The maximum Gasteiger partial charge on any atom is 0.231 e. The van der Waals surface area contributed by atoms with Gasteiger partial charge in [-0.3, -0.25) is 4.79 Å². The van der Waals surface area contributed by atoms with Crippen molar-refractivity contribution in [2.24, 2.45) is 0 Å². The van der Waals surface area contributed by atoms with E-state index in [1.54, 1.807) is 12.1 Å². The molecule has 0 atom stereocenters. The standard InChI is InChI=1S/C22H22O5/c1-12(2)15-8-16-19(9-20(15)27-13(3)4)24-10-17(22(16)23)14-5-6-18-21(7-14)26-11-25-18/h5-10,12-13H,11H2,1-4H3. The third-order valence-electron chi connectivity index (χ3n) is 4.57. The van der Waals surface area contributed by atoms with Crippen LogP contribution in [0.4, 0.5) is 0 Å². The Morgan fingerprint density at radius 3 is 2.52 bits per heavy atom. The van der Waals surface area contributed by atoms with Crippen molar-refractivity contribution in [3.8, 4) is 28.4 Å². The zero-order chi connectivity index (χ0) is 19.1. The average molecular weight is 366 g/mol. The minimum Gasteiger partial charge on any atom is -0.491 e. The Morgan fingerprint density at radius 2 is 1.78 bits per heavy atom. The molecule has 1 aromatic heterocycles. The van der Waals surface area contributed by atoms with Crippen LogP contribution in [0.15, 0.2) is 45.8 Å². The van der Waals surface area contributed by atoms with E-state index in [1.165, 1.54) is 6.26 Å². The molecule has 1 aliphatic heterocycles. The fraction of sp³-hybridized carbons (Fsp3) is 0.318. The Balaban J connectivity index is 1.87. The van der Waals surface area contributed by atoms with Crippen LogP contribution in [0.2, 0.25) is 0 Å². The minimum atomic E-state index is -0.0758. The zero-order valence-corrected chi connectivity index (χ0v) is 15.9. The van der Waals surface area contributed by atoms with E-state index in [-0.39, 0.29) is 24.2 Å². The van der Waals surface area contributed by atoms with Gasteiger partial charge in [0.2, 0.25) is 12.2 Å². The maximum atomic E-state index is 13.2. The molecule has 2 heterocycles. The third-order valence-corrected chi connectivity index (χ3v) is 4.57. The lowest BCUT2D eigenvalue weighted by atomic mass is 9.98. The van der Waals surface area contributed by atoms with Gasteiger partial charge < -0.3 is 18.6 Å². The highest BCUT2D eigenvalue weighted by atomic mass is 16.7. The largest absolute Gasteiger partial charge is 0.491 e. The lowest BCUT2D eigenvalue weighted by Gasteiger charge is -2.17. The van der Waals surface area contributed by atoms with Crippen LogP contribution in [0.1, 0.15) is 39.2 Å². The second-order valence-corrected chi connectivity index (χ2v) is 7.25. The highest BCUT2D eigenvalue weighted by Crippen LogP contribution is 2.36. The van der Waals surface area contributed by atoms with E-state index in [9.17, 15) is 4.79 Å². The number of hydrogen-bond donors (Lipinski definition) is 0. The van der Waals surface area contributed by atoms with Crippen LogP contribution < -0.4 is 19.6 Å². The van der Waals surface area contributed by atoms with Crippen LogP contribution in [-0.4, -0.2) is 12.9 Å². The first-order valence-electron chi connectivity index (χ1n) is 9.10. The predicted molar refractivity (Wildman–Crippen MR) is 104 cm³/mol. The first-order chi connectivity index (χ1) is 12.9. The molecule has 0 saturated heterocycles. The molecule has 0 fully saturated rings. The van der Waals surface area contributed by atoms with E-state index >= 15 is 0 Å². The summed E-state index contributed by atoms with van der Waals surface area (Å²) in [4.78, 5) is 13.2. The van der Waals surface area contributed by atoms with Crippen LogP contribution in [-0.2, 0) is 0 Å². The summed E-state index contributed by atoms with van der Waals surface area (Å²) in [6, 6.07) is 9.15. The molecule has 1 aliphatic rings. The molecule has 27 heavy (non-hydrogen) atoms. The smallest absolute Gasteiger partial charge is 0.231 e. The first kappa shape index (κ1) is 17.5. The highest BCUT2D eigenvalue weighted by molar-refractivity contribution is 5.84. The van der Waals surface area contributed by atoms with Gasteiger partial charge >= 0.3 is 0 Å². The van der Waals surface area contributed by atoms with Gasteiger partial charge in [0.1, 0.15) is 17.6 Å². The van der Waals surface area contributed by atoms with Crippen molar-refractivity contribution < 1.29 is 18.6 Å². The van der Waals surface area contributed by atoms with Gasteiger partial charge in [-0.2, -0.15) is 0 Å². The monoisotopic (exact) mass is 366 g/mol. The molecule has 5 heteroatoms. The fourth-order valence-corrected chi connectivity index (χ4v) is 3.24. The quantitative estimate of drug-likeness (QED) is 0.643. The number of hydrogen-bond acceptors (Lipinski definition) is 5. The van der Waals surface area contributed by atoms with E-state index in [1.807, 2.05) is 32.0 Å². The molecule has 0 N–H and O–H groups in total. The summed E-state index contributed by atoms with van der Waals surface area (Å²) in [5.41, 5.74) is 2.67. The summed E-state index contributed by atoms with van der Waals surface area (Å²) >= 11 is 0. The molecular formula is C22H22O5. The molecular weight excluding hydrogens is 344 g/mol. The molecule has 0 radical (unpaired) electrons. The van der Waals surface area contributed by atoms with Crippen molar-refractivity contribution in [3.63, 3.8) is 0 Å². The average Bonchev–Trinajstić information content (AvgIpc) is 3.08. The van der Waals surface area contributed by atoms with Crippen LogP contribution in [0, 0.1) is 0 Å². The molecule has 0 unspecified atom stereocenters. The molecule has 0 bridgehead atoms. The van der Waals surface area contributed by atoms with E-state index in [0.717, 1.165) is 16.9 Å². The number of fused-ring (bicyclic) bond motifs is 2. The summed E-state index contributed by atoms with van der Waals surface area (Å²) in [6.07, 6.45) is 1.54. The molecule has 0 spiro atoms. The number of rotatable bonds is 4. The van der Waals surface area contributed by atoms with Crippen molar-refractivity contribution in [2.45, 2.75) is 39.7 Å². The van der Waals surface area contributed by atoms with Gasteiger partial charge in [0.15, 0.2) is 11.5 Å². The summed E-state index contributed by atoms with van der Waals surface area (Å²) in [6.45, 7) is 8.32. The van der Waals surface area contributed by atoms with Gasteiger partial charge in [-0.05, 0) is 49.1 Å². The zero-order valence-electron chi connectivity index (χ0n) is 15.9. The van der Waals surface area contributed by atoms with Crippen LogP contribution >= 0.6 is 0 Å². The minimum absolute atomic E-state index is 0.0413. The van der Waals surface area contributed by atoms with Gasteiger partial charge in [-0.15, -0.1) is 0 Å². The van der Waals surface area contributed by atoms with Crippen molar-refractivity contribution in [2.75, 3.05) is 6.79 Å². The Bertz CT molecular complexity index is 1060. The SMILES string of the molecule is CC(C)Oc1cc2occ(-c3ccc4c(c3)OCO4)c(=O)c2cc1C(C)C. The van der Waals surface area contributed by atoms with Crippen molar-refractivity contribution >= 4 is 11.0 Å². The Kier molecular flexibility index (Phi) is 4.30. The molecule has 0 saturated carbocycles. The van der Waals surface area contributed by atoms with Crippen molar-refractivity contribution in [1.82, 2.24) is 0 Å². The van der Waals surface area contributed by atoms with Crippen LogP contribution in [0.25, 0.3) is 22.1 Å². The second-order valence-electron chi connectivity index (χ2n) is 7.25. The van der Waals surface area contributed by atoms with Gasteiger partial charge in [-0.1, -0.05) is 19.9 Å². The third kappa shape index (κ3) is 3.14. The van der Waals surface area contributed by atoms with Gasteiger partial charge in [0.05, 0.1) is 17.1 Å². The summed E-state index contributed by atoms with van der Waals surface area (Å²) in [5.74, 6) is 2.29. The molecule has 0 aliphatic carbocycles. The highest BCUT2D eigenvalue weighted by Gasteiger charge is 2.18. The molecule has 3 aromatic rings. The van der Waals surface area contributed by atoms with Crippen LogP contribution in [0.5, 0.6) is 17.2 Å². The second kappa shape index (κ2) is 6.65. The van der Waals surface area contributed by atoms with Crippen LogP contribution in [0.3, 0.4) is 0 Å². The molecule has 0 amide bonds. The summed E-state index contributed by atoms with van der Waals surface area (Å²) in [5, 5.41) is 0.546. The van der Waals surface area contributed by atoms with Gasteiger partial charge in [0, 0.05) is 6.07 Å². The fourth-order valence-electron chi connectivity index (χ4n) is 3.24. The van der Waals surface area contributed by atoms with E-state index in [2.05, 4.69) is 13.8 Å². The molecule has 4 rings (SSSR count). The lowest BCUT2D eigenvalue weighted by molar-refractivity contribution is 0.174. The number of ether oxygens (including phenoxy) is 3. The van der Waals surface area contributed by atoms with E-state index in [0.29, 0.717) is 28.0 Å². The van der Waals surface area contributed by atoms with Gasteiger partial charge in [-0.25, -0.2) is 0 Å². The topological polar surface area (TPSA) is 57.9 Å². The summed E-state index contributed by atoms with van der Waals surface area (Å²) < 4.78 is 22.5. The van der Waals surface area contributed by atoms with Gasteiger partial charge in [0.25, 0.3) is 0 Å². The Labute approximate surface area is 157 Å². The molecule has 5 nitrogen and oxygen atoms in total. The normalized spacial score (nSPS) is 13.0. The Morgan fingerprint density at radius 1 is 1.00 bits per heavy atom. The lowest BCUT2D eigenvalue weighted by Crippen LogP contribution is -2.10. The Hall–Kier alpha value is -2.95. The van der Waals surface area contributed by atoms with Crippen molar-refractivity contribution in [3.05, 3.63) is 52.4 Å². The molecule has 140 valence electrons. The van der Waals surface area contributed by atoms with E-state index in [4.69, 9.17) is 18.6 Å². The van der Waals surface area contributed by atoms with E-state index < -0.39 is 0 Å². The van der Waals surface area contributed by atoms with Crippen molar-refractivity contribution in [1.29, 1.82) is 0 Å².